The Morgan fingerprint density at radius 1 is 1.03 bits per heavy atom. The summed E-state index contributed by atoms with van der Waals surface area (Å²) in [7, 11) is 0. The van der Waals surface area contributed by atoms with Crippen molar-refractivity contribution >= 4 is 12.0 Å². The summed E-state index contributed by atoms with van der Waals surface area (Å²) >= 11 is 0. The fraction of sp³-hybridized carbons (Fsp3) is 0.481. The molecule has 192 valence electrons. The van der Waals surface area contributed by atoms with Crippen LogP contribution in [0.2, 0.25) is 0 Å². The molecule has 7 nitrogen and oxygen atoms in total. The van der Waals surface area contributed by atoms with Gasteiger partial charge >= 0.3 is 12.0 Å². The Hall–Kier alpha value is -3.13. The predicted octanol–water partition coefficient (Wildman–Crippen LogP) is 4.68. The van der Waals surface area contributed by atoms with Gasteiger partial charge in [0.25, 0.3) is 0 Å². The largest absolute Gasteiger partial charge is 0.492 e. The van der Waals surface area contributed by atoms with Gasteiger partial charge in [-0.1, -0.05) is 31.2 Å². The van der Waals surface area contributed by atoms with Gasteiger partial charge in [0.2, 0.25) is 0 Å². The number of hydrogen-bond donors (Lipinski definition) is 2. The summed E-state index contributed by atoms with van der Waals surface area (Å²) in [5.74, 6) is -0.600. The molecule has 0 aliphatic carbocycles. The fourth-order valence-electron chi connectivity index (χ4n) is 3.47. The van der Waals surface area contributed by atoms with Crippen LogP contribution >= 0.6 is 0 Å². The zero-order chi connectivity index (χ0) is 25.6. The zero-order valence-electron chi connectivity index (χ0n) is 20.8. The van der Waals surface area contributed by atoms with Crippen molar-refractivity contribution in [3.05, 3.63) is 65.5 Å². The first-order valence-corrected chi connectivity index (χ1v) is 12.2. The number of aliphatic carboxylic acids is 1. The first kappa shape index (κ1) is 28.1. The number of nitrogens with zero attached hydrogens (tertiary/aromatic N) is 1. The average Bonchev–Trinajstić information content (AvgIpc) is 2.84. The summed E-state index contributed by atoms with van der Waals surface area (Å²) in [5, 5.41) is 12.2. The van der Waals surface area contributed by atoms with E-state index < -0.39 is 12.1 Å². The number of hydrogen-bond acceptors (Lipinski definition) is 4. The average molecular weight is 489 g/mol. The van der Waals surface area contributed by atoms with Crippen molar-refractivity contribution in [3.63, 3.8) is 0 Å². The zero-order valence-corrected chi connectivity index (χ0v) is 20.8. The number of benzene rings is 2. The lowest BCUT2D eigenvalue weighted by molar-refractivity contribution is -0.149. The van der Waals surface area contributed by atoms with Crippen molar-refractivity contribution in [1.82, 2.24) is 10.2 Å². The maximum atomic E-state index is 13.1. The summed E-state index contributed by atoms with van der Waals surface area (Å²) < 4.78 is 24.2. The summed E-state index contributed by atoms with van der Waals surface area (Å²) in [6.07, 6.45) is 1.73. The molecule has 0 radical (unpaired) electrons. The topological polar surface area (TPSA) is 88.1 Å². The summed E-state index contributed by atoms with van der Waals surface area (Å²) in [6.45, 7) is 7.37. The molecule has 8 heteroatoms. The molecule has 0 aliphatic heterocycles. The van der Waals surface area contributed by atoms with Crippen molar-refractivity contribution in [2.75, 3.05) is 26.3 Å². The van der Waals surface area contributed by atoms with E-state index in [1.165, 1.54) is 12.1 Å². The van der Waals surface area contributed by atoms with Gasteiger partial charge in [-0.25, -0.2) is 14.0 Å². The third-order valence-electron chi connectivity index (χ3n) is 5.69. The van der Waals surface area contributed by atoms with Gasteiger partial charge in [-0.3, -0.25) is 0 Å². The molecule has 0 saturated carbocycles. The molecule has 0 aliphatic rings. The van der Waals surface area contributed by atoms with E-state index in [4.69, 9.17) is 9.47 Å². The van der Waals surface area contributed by atoms with Crippen LogP contribution in [-0.4, -0.2) is 60.5 Å². The van der Waals surface area contributed by atoms with Crippen LogP contribution in [0.5, 0.6) is 5.75 Å². The van der Waals surface area contributed by atoms with Crippen molar-refractivity contribution < 1.29 is 28.6 Å². The number of aryl methyl sites for hydroxylation is 1. The minimum absolute atomic E-state index is 0.0712. The molecule has 0 aromatic heterocycles. The standard InChI is InChI=1S/C27H37FN2O5/c1-4-20(3)29-27(33)30(16-6-7-21-8-12-23(28)13-9-21)17-18-35-24-14-10-22(11-15-24)19-25(26(31)32)34-5-2/h8-15,20,25H,4-7,16-19H2,1-3H3,(H,29,33)(H,31,32). The number of amides is 2. The van der Waals surface area contributed by atoms with E-state index in [0.29, 0.717) is 32.1 Å². The molecule has 2 N–H and O–H groups in total. The lowest BCUT2D eigenvalue weighted by Crippen LogP contribution is -2.45. The summed E-state index contributed by atoms with van der Waals surface area (Å²) in [4.78, 5) is 25.8. The molecule has 35 heavy (non-hydrogen) atoms. The fourth-order valence-corrected chi connectivity index (χ4v) is 3.47. The highest BCUT2D eigenvalue weighted by molar-refractivity contribution is 5.74. The van der Waals surface area contributed by atoms with Crippen LogP contribution < -0.4 is 10.1 Å². The van der Waals surface area contributed by atoms with Crippen LogP contribution in [0.25, 0.3) is 0 Å². The second-order valence-electron chi connectivity index (χ2n) is 8.45. The highest BCUT2D eigenvalue weighted by atomic mass is 19.1. The molecule has 2 atom stereocenters. The van der Waals surface area contributed by atoms with Crippen molar-refractivity contribution in [3.8, 4) is 5.75 Å². The number of carboxylic acid groups (broad SMARTS) is 1. The number of rotatable bonds is 15. The minimum atomic E-state index is -0.984. The Labute approximate surface area is 207 Å². The van der Waals surface area contributed by atoms with Crippen LogP contribution in [0.4, 0.5) is 9.18 Å². The lowest BCUT2D eigenvalue weighted by Gasteiger charge is -2.25. The number of carbonyl (C=O) groups excluding carboxylic acids is 1. The Bertz CT molecular complexity index is 905. The monoisotopic (exact) mass is 488 g/mol. The molecule has 2 aromatic carbocycles. The Morgan fingerprint density at radius 3 is 2.29 bits per heavy atom. The van der Waals surface area contributed by atoms with Gasteiger partial charge in [0.05, 0.1) is 6.54 Å². The molecular weight excluding hydrogens is 451 g/mol. The molecule has 0 saturated heterocycles. The van der Waals surface area contributed by atoms with Crippen LogP contribution in [0, 0.1) is 5.82 Å². The van der Waals surface area contributed by atoms with E-state index in [0.717, 1.165) is 30.4 Å². The first-order valence-electron chi connectivity index (χ1n) is 12.2. The maximum absolute atomic E-state index is 13.1. The molecule has 0 spiro atoms. The van der Waals surface area contributed by atoms with E-state index >= 15 is 0 Å². The highest BCUT2D eigenvalue weighted by Gasteiger charge is 2.18. The van der Waals surface area contributed by atoms with Gasteiger partial charge < -0.3 is 24.8 Å². The smallest absolute Gasteiger partial charge is 0.333 e. The summed E-state index contributed by atoms with van der Waals surface area (Å²) in [6, 6.07) is 13.6. The maximum Gasteiger partial charge on any atom is 0.333 e. The van der Waals surface area contributed by atoms with E-state index in [9.17, 15) is 19.1 Å². The van der Waals surface area contributed by atoms with Crippen LogP contribution in [0.1, 0.15) is 44.7 Å². The van der Waals surface area contributed by atoms with Gasteiger partial charge in [0.1, 0.15) is 18.2 Å². The molecule has 2 unspecified atom stereocenters. The van der Waals surface area contributed by atoms with E-state index in [1.807, 2.05) is 26.0 Å². The van der Waals surface area contributed by atoms with Crippen LogP contribution in [0.3, 0.4) is 0 Å². The number of halogens is 1. The van der Waals surface area contributed by atoms with E-state index in [2.05, 4.69) is 5.32 Å². The lowest BCUT2D eigenvalue weighted by atomic mass is 10.1. The van der Waals surface area contributed by atoms with Gasteiger partial charge in [-0.15, -0.1) is 0 Å². The molecule has 0 heterocycles. The Morgan fingerprint density at radius 2 is 1.69 bits per heavy atom. The normalized spacial score (nSPS) is 12.6. The van der Waals surface area contributed by atoms with Gasteiger partial charge in [-0.05, 0) is 68.5 Å². The van der Waals surface area contributed by atoms with Crippen molar-refractivity contribution in [1.29, 1.82) is 0 Å². The highest BCUT2D eigenvalue weighted by Crippen LogP contribution is 2.15. The predicted molar refractivity (Wildman–Crippen MR) is 133 cm³/mol. The van der Waals surface area contributed by atoms with E-state index in [1.54, 1.807) is 36.1 Å². The second kappa shape index (κ2) is 15.0. The van der Waals surface area contributed by atoms with Gasteiger partial charge in [0, 0.05) is 25.6 Å². The molecule has 2 rings (SSSR count). The number of carboxylic acids is 1. The molecule has 0 bridgehead atoms. The first-order chi connectivity index (χ1) is 16.8. The third-order valence-corrected chi connectivity index (χ3v) is 5.69. The Kier molecular flexibility index (Phi) is 12.0. The summed E-state index contributed by atoms with van der Waals surface area (Å²) in [5.41, 5.74) is 1.87. The number of carbonyl (C=O) groups is 2. The third kappa shape index (κ3) is 10.3. The minimum Gasteiger partial charge on any atom is -0.492 e. The SMILES string of the molecule is CCOC(Cc1ccc(OCCN(CCCc2ccc(F)cc2)C(=O)NC(C)CC)cc1)C(=O)O. The van der Waals surface area contributed by atoms with E-state index in [-0.39, 0.29) is 24.3 Å². The molecule has 0 fully saturated rings. The van der Waals surface area contributed by atoms with Crippen LogP contribution in [-0.2, 0) is 22.4 Å². The van der Waals surface area contributed by atoms with Crippen molar-refractivity contribution in [2.45, 2.75) is 58.6 Å². The number of ether oxygens (including phenoxy) is 2. The van der Waals surface area contributed by atoms with Gasteiger partial charge in [-0.2, -0.15) is 0 Å². The number of urea groups is 1. The molecular formula is C27H37FN2O5. The van der Waals surface area contributed by atoms with Gasteiger partial charge in [0.15, 0.2) is 6.10 Å². The second-order valence-corrected chi connectivity index (χ2v) is 8.45. The number of nitrogens with one attached hydrogen (secondary N) is 1. The Balaban J connectivity index is 1.88. The molecule has 2 amide bonds. The molecule has 2 aromatic rings. The quantitative estimate of drug-likeness (QED) is 0.380. The van der Waals surface area contributed by atoms with Crippen molar-refractivity contribution in [2.24, 2.45) is 0 Å². The van der Waals surface area contributed by atoms with Crippen LogP contribution in [0.15, 0.2) is 48.5 Å².